The Kier molecular flexibility index (Phi) is 4.71. The highest BCUT2D eigenvalue weighted by Gasteiger charge is 2.37. The van der Waals surface area contributed by atoms with Gasteiger partial charge in [-0.15, -0.1) is 12.4 Å². The maximum Gasteiger partial charge on any atom is 0.303 e. The van der Waals surface area contributed by atoms with Crippen LogP contribution in [0.15, 0.2) is 0 Å². The summed E-state index contributed by atoms with van der Waals surface area (Å²) in [6, 6.07) is 0. The lowest BCUT2D eigenvalue weighted by atomic mass is 9.82. The van der Waals surface area contributed by atoms with Crippen LogP contribution in [0, 0.1) is 11.3 Å². The molecule has 13 heavy (non-hydrogen) atoms. The van der Waals surface area contributed by atoms with E-state index in [1.807, 2.05) is 0 Å². The summed E-state index contributed by atoms with van der Waals surface area (Å²) in [5.74, 6) is -0.0672. The van der Waals surface area contributed by atoms with Crippen LogP contribution in [0.2, 0.25) is 0 Å². The Bertz CT molecular complexity index is 186. The normalized spacial score (nSPS) is 32.6. The van der Waals surface area contributed by atoms with Crippen LogP contribution in [-0.2, 0) is 4.79 Å². The fraction of sp³-hybridized carbons (Fsp3) is 0.889. The van der Waals surface area contributed by atoms with Crippen molar-refractivity contribution in [2.45, 2.75) is 32.6 Å². The molecule has 0 aromatic heterocycles. The molecule has 0 bridgehead atoms. The van der Waals surface area contributed by atoms with E-state index in [1.165, 1.54) is 0 Å². The van der Waals surface area contributed by atoms with Crippen LogP contribution in [0.4, 0.5) is 0 Å². The van der Waals surface area contributed by atoms with Gasteiger partial charge in [-0.1, -0.05) is 13.3 Å². The Morgan fingerprint density at radius 1 is 1.69 bits per heavy atom. The molecular weight excluding hydrogens is 190 g/mol. The molecule has 1 fully saturated rings. The minimum Gasteiger partial charge on any atom is -0.481 e. The summed E-state index contributed by atoms with van der Waals surface area (Å²) in [6.07, 6.45) is 3.34. The lowest BCUT2D eigenvalue weighted by Gasteiger charge is -2.25. The second-order valence-electron chi connectivity index (χ2n) is 4.12. The van der Waals surface area contributed by atoms with Gasteiger partial charge in [0.25, 0.3) is 0 Å². The molecule has 1 rings (SSSR count). The molecular formula is C9H18ClNO2. The standard InChI is InChI=1S/C9H17NO2.ClH/c1-7-2-3-9(4-7,6-10)5-8(11)12;/h7H,2-6,10H2,1H3,(H,11,12);1H/t7-,9+;/m0./s1. The van der Waals surface area contributed by atoms with Crippen LogP contribution in [-0.4, -0.2) is 17.6 Å². The summed E-state index contributed by atoms with van der Waals surface area (Å²) in [5.41, 5.74) is 5.52. The molecule has 0 unspecified atom stereocenters. The van der Waals surface area contributed by atoms with Crippen LogP contribution < -0.4 is 5.73 Å². The predicted octanol–water partition coefficient (Wildman–Crippen LogP) is 1.65. The van der Waals surface area contributed by atoms with Gasteiger partial charge in [0.15, 0.2) is 0 Å². The lowest BCUT2D eigenvalue weighted by molar-refractivity contribution is -0.139. The summed E-state index contributed by atoms with van der Waals surface area (Å²) >= 11 is 0. The molecule has 1 aliphatic rings. The fourth-order valence-corrected chi connectivity index (χ4v) is 2.23. The van der Waals surface area contributed by atoms with Crippen molar-refractivity contribution in [1.82, 2.24) is 0 Å². The zero-order valence-corrected chi connectivity index (χ0v) is 8.77. The van der Waals surface area contributed by atoms with Crippen molar-refractivity contribution in [2.75, 3.05) is 6.54 Å². The molecule has 0 aliphatic heterocycles. The van der Waals surface area contributed by atoms with Crippen LogP contribution in [0.1, 0.15) is 32.6 Å². The van der Waals surface area contributed by atoms with Crippen molar-refractivity contribution in [3.05, 3.63) is 0 Å². The van der Waals surface area contributed by atoms with Crippen molar-refractivity contribution < 1.29 is 9.90 Å². The van der Waals surface area contributed by atoms with E-state index in [9.17, 15) is 4.79 Å². The van der Waals surface area contributed by atoms with Crippen molar-refractivity contribution in [1.29, 1.82) is 0 Å². The van der Waals surface area contributed by atoms with Gasteiger partial charge in [0.2, 0.25) is 0 Å². The second-order valence-corrected chi connectivity index (χ2v) is 4.12. The Hall–Kier alpha value is -0.280. The number of carboxylic acids is 1. The van der Waals surface area contributed by atoms with E-state index in [2.05, 4.69) is 6.92 Å². The molecule has 1 saturated carbocycles. The van der Waals surface area contributed by atoms with Gasteiger partial charge < -0.3 is 10.8 Å². The summed E-state index contributed by atoms with van der Waals surface area (Å²) in [5, 5.41) is 8.70. The van der Waals surface area contributed by atoms with Crippen molar-refractivity contribution in [2.24, 2.45) is 17.1 Å². The number of hydrogen-bond donors (Lipinski definition) is 2. The molecule has 78 valence electrons. The van der Waals surface area contributed by atoms with Gasteiger partial charge in [0.1, 0.15) is 0 Å². The SMILES string of the molecule is C[C@H]1CC[C@](CN)(CC(=O)O)C1.Cl. The number of nitrogens with two attached hydrogens (primary N) is 1. The molecule has 0 amide bonds. The zero-order valence-electron chi connectivity index (χ0n) is 7.95. The minimum atomic E-state index is -0.713. The van der Waals surface area contributed by atoms with Gasteiger partial charge in [-0.05, 0) is 30.7 Å². The van der Waals surface area contributed by atoms with E-state index < -0.39 is 5.97 Å². The number of hydrogen-bond acceptors (Lipinski definition) is 2. The Balaban J connectivity index is 0.00000144. The van der Waals surface area contributed by atoms with Crippen LogP contribution >= 0.6 is 12.4 Å². The first-order chi connectivity index (χ1) is 5.58. The third kappa shape index (κ3) is 3.16. The van der Waals surface area contributed by atoms with Gasteiger partial charge >= 0.3 is 5.97 Å². The number of aliphatic carboxylic acids is 1. The minimum absolute atomic E-state index is 0. The van der Waals surface area contributed by atoms with Crippen molar-refractivity contribution in [3.8, 4) is 0 Å². The Labute approximate surface area is 85.1 Å². The fourth-order valence-electron chi connectivity index (χ4n) is 2.23. The molecule has 0 aromatic carbocycles. The molecule has 0 heterocycles. The smallest absolute Gasteiger partial charge is 0.303 e. The van der Waals surface area contributed by atoms with Crippen molar-refractivity contribution >= 4 is 18.4 Å². The topological polar surface area (TPSA) is 63.3 Å². The van der Waals surface area contributed by atoms with Gasteiger partial charge in [-0.25, -0.2) is 0 Å². The van der Waals surface area contributed by atoms with Crippen LogP contribution in [0.5, 0.6) is 0 Å². The van der Waals surface area contributed by atoms with Crippen LogP contribution in [0.3, 0.4) is 0 Å². The number of carboxylic acid groups (broad SMARTS) is 1. The largest absolute Gasteiger partial charge is 0.481 e. The molecule has 0 aromatic rings. The summed E-state index contributed by atoms with van der Waals surface area (Å²) < 4.78 is 0. The number of halogens is 1. The van der Waals surface area contributed by atoms with E-state index in [1.54, 1.807) is 0 Å². The van der Waals surface area contributed by atoms with E-state index in [0.717, 1.165) is 19.3 Å². The van der Waals surface area contributed by atoms with E-state index in [0.29, 0.717) is 12.5 Å². The molecule has 0 saturated heterocycles. The van der Waals surface area contributed by atoms with Gasteiger partial charge in [-0.2, -0.15) is 0 Å². The second kappa shape index (κ2) is 4.82. The molecule has 4 heteroatoms. The first-order valence-electron chi connectivity index (χ1n) is 4.50. The Morgan fingerprint density at radius 3 is 2.62 bits per heavy atom. The first kappa shape index (κ1) is 12.7. The van der Waals surface area contributed by atoms with E-state index in [4.69, 9.17) is 10.8 Å². The molecule has 3 N–H and O–H groups in total. The maximum atomic E-state index is 10.6. The van der Waals surface area contributed by atoms with Gasteiger partial charge in [-0.3, -0.25) is 4.79 Å². The summed E-state index contributed by atoms with van der Waals surface area (Å²) in [6.45, 7) is 2.68. The molecule has 0 spiro atoms. The molecule has 1 aliphatic carbocycles. The average Bonchev–Trinajstić information content (AvgIpc) is 2.32. The quantitative estimate of drug-likeness (QED) is 0.740. The Morgan fingerprint density at radius 2 is 2.31 bits per heavy atom. The highest BCUT2D eigenvalue weighted by Crippen LogP contribution is 2.43. The zero-order chi connectivity index (χ0) is 9.19. The molecule has 0 radical (unpaired) electrons. The summed E-state index contributed by atoms with van der Waals surface area (Å²) in [7, 11) is 0. The third-order valence-corrected chi connectivity index (χ3v) is 2.91. The van der Waals surface area contributed by atoms with Gasteiger partial charge in [0.05, 0.1) is 6.42 Å². The van der Waals surface area contributed by atoms with E-state index >= 15 is 0 Å². The average molecular weight is 208 g/mol. The van der Waals surface area contributed by atoms with Crippen molar-refractivity contribution in [3.63, 3.8) is 0 Å². The summed E-state index contributed by atoms with van der Waals surface area (Å²) in [4.78, 5) is 10.6. The molecule has 3 nitrogen and oxygen atoms in total. The van der Waals surface area contributed by atoms with Gasteiger partial charge in [0, 0.05) is 0 Å². The predicted molar refractivity (Wildman–Crippen MR) is 54.0 cm³/mol. The highest BCUT2D eigenvalue weighted by atomic mass is 35.5. The lowest BCUT2D eigenvalue weighted by Crippen LogP contribution is -2.30. The number of rotatable bonds is 3. The first-order valence-corrected chi connectivity index (χ1v) is 4.50. The highest BCUT2D eigenvalue weighted by molar-refractivity contribution is 5.85. The maximum absolute atomic E-state index is 10.6. The third-order valence-electron chi connectivity index (χ3n) is 2.91. The molecule has 2 atom stereocenters. The monoisotopic (exact) mass is 207 g/mol. The van der Waals surface area contributed by atoms with E-state index in [-0.39, 0.29) is 24.2 Å². The number of carbonyl (C=O) groups is 1. The van der Waals surface area contributed by atoms with Crippen LogP contribution in [0.25, 0.3) is 0 Å².